The normalized spacial score (nSPS) is 21.2. The molecule has 0 bridgehead atoms. The van der Waals surface area contributed by atoms with Gasteiger partial charge in [0.05, 0.1) is 5.60 Å². The van der Waals surface area contributed by atoms with Crippen LogP contribution >= 0.6 is 0 Å². The fraction of sp³-hybridized carbons (Fsp3) is 0.538. The molecule has 0 aliphatic carbocycles. The monoisotopic (exact) mass is 220 g/mol. The van der Waals surface area contributed by atoms with Gasteiger partial charge in [-0.05, 0) is 18.4 Å². The summed E-state index contributed by atoms with van der Waals surface area (Å²) in [5.74, 6) is 0. The maximum Gasteiger partial charge on any atom is 0.0922 e. The van der Waals surface area contributed by atoms with Crippen LogP contribution in [0.4, 0.5) is 0 Å². The first kappa shape index (κ1) is 11.6. The van der Waals surface area contributed by atoms with E-state index in [2.05, 4.69) is 10.0 Å². The molecule has 1 aliphatic rings. The molecule has 0 unspecified atom stereocenters. The van der Waals surface area contributed by atoms with Gasteiger partial charge in [0, 0.05) is 27.2 Å². The third-order valence-electron chi connectivity index (χ3n) is 3.44. The number of rotatable bonds is 2. The summed E-state index contributed by atoms with van der Waals surface area (Å²) in [6, 6.07) is 10.0. The van der Waals surface area contributed by atoms with Gasteiger partial charge in [-0.3, -0.25) is 0 Å². The molecule has 1 heterocycles. The molecule has 3 nitrogen and oxygen atoms in total. The minimum absolute atomic E-state index is 0.631. The SMILES string of the molecule is CN(C)N1CCC(O)(c2ccccc2)CC1. The highest BCUT2D eigenvalue weighted by atomic mass is 16.3. The van der Waals surface area contributed by atoms with E-state index in [9.17, 15) is 5.11 Å². The lowest BCUT2D eigenvalue weighted by molar-refractivity contribution is -0.0826. The van der Waals surface area contributed by atoms with Crippen LogP contribution in [0.2, 0.25) is 0 Å². The lowest BCUT2D eigenvalue weighted by Crippen LogP contribution is -2.47. The van der Waals surface area contributed by atoms with Crippen molar-refractivity contribution in [3.05, 3.63) is 35.9 Å². The summed E-state index contributed by atoms with van der Waals surface area (Å²) in [6.07, 6.45) is 1.60. The predicted octanol–water partition coefficient (Wildman–Crippen LogP) is 1.45. The molecule has 2 rings (SSSR count). The van der Waals surface area contributed by atoms with Crippen LogP contribution in [0, 0.1) is 0 Å². The summed E-state index contributed by atoms with van der Waals surface area (Å²) >= 11 is 0. The molecular formula is C13H20N2O. The van der Waals surface area contributed by atoms with E-state index in [1.54, 1.807) is 0 Å². The molecule has 0 atom stereocenters. The minimum atomic E-state index is -0.631. The molecule has 1 fully saturated rings. The Morgan fingerprint density at radius 3 is 2.19 bits per heavy atom. The van der Waals surface area contributed by atoms with Crippen LogP contribution in [0.15, 0.2) is 30.3 Å². The third-order valence-corrected chi connectivity index (χ3v) is 3.44. The van der Waals surface area contributed by atoms with E-state index < -0.39 is 5.60 Å². The Hall–Kier alpha value is -0.900. The van der Waals surface area contributed by atoms with Crippen LogP contribution < -0.4 is 0 Å². The van der Waals surface area contributed by atoms with Gasteiger partial charge < -0.3 is 5.11 Å². The first-order chi connectivity index (χ1) is 7.62. The van der Waals surface area contributed by atoms with E-state index in [4.69, 9.17) is 0 Å². The van der Waals surface area contributed by atoms with Crippen molar-refractivity contribution in [2.24, 2.45) is 0 Å². The van der Waals surface area contributed by atoms with Crippen molar-refractivity contribution in [2.75, 3.05) is 27.2 Å². The first-order valence-electron chi connectivity index (χ1n) is 5.82. The van der Waals surface area contributed by atoms with Gasteiger partial charge in [0.15, 0.2) is 0 Å². The maximum atomic E-state index is 10.6. The van der Waals surface area contributed by atoms with Gasteiger partial charge in [-0.1, -0.05) is 30.3 Å². The Balaban J connectivity index is 2.07. The van der Waals surface area contributed by atoms with Gasteiger partial charge in [-0.25, -0.2) is 10.0 Å². The van der Waals surface area contributed by atoms with Crippen LogP contribution in [0.3, 0.4) is 0 Å². The number of nitrogens with zero attached hydrogens (tertiary/aromatic N) is 2. The quantitative estimate of drug-likeness (QED) is 0.817. The molecule has 0 saturated carbocycles. The van der Waals surface area contributed by atoms with E-state index in [1.165, 1.54) is 0 Å². The Kier molecular flexibility index (Phi) is 3.28. The van der Waals surface area contributed by atoms with Crippen LogP contribution in [0.5, 0.6) is 0 Å². The third kappa shape index (κ3) is 2.26. The zero-order valence-electron chi connectivity index (χ0n) is 10.1. The maximum absolute atomic E-state index is 10.6. The second-order valence-corrected chi connectivity index (χ2v) is 4.70. The highest BCUT2D eigenvalue weighted by molar-refractivity contribution is 5.22. The summed E-state index contributed by atoms with van der Waals surface area (Å²) < 4.78 is 0. The van der Waals surface area contributed by atoms with Crippen molar-refractivity contribution in [3.8, 4) is 0 Å². The fourth-order valence-electron chi connectivity index (χ4n) is 2.30. The lowest BCUT2D eigenvalue weighted by Gasteiger charge is -2.41. The van der Waals surface area contributed by atoms with Gasteiger partial charge in [0.2, 0.25) is 0 Å². The highest BCUT2D eigenvalue weighted by Crippen LogP contribution is 2.32. The summed E-state index contributed by atoms with van der Waals surface area (Å²) in [5, 5.41) is 15.0. The van der Waals surface area contributed by atoms with Crippen molar-refractivity contribution >= 4 is 0 Å². The summed E-state index contributed by atoms with van der Waals surface area (Å²) in [5.41, 5.74) is 0.418. The molecule has 88 valence electrons. The second kappa shape index (κ2) is 4.53. The van der Waals surface area contributed by atoms with E-state index in [1.807, 2.05) is 44.4 Å². The topological polar surface area (TPSA) is 26.7 Å². The van der Waals surface area contributed by atoms with Crippen molar-refractivity contribution in [1.29, 1.82) is 0 Å². The molecule has 1 aliphatic heterocycles. The first-order valence-corrected chi connectivity index (χ1v) is 5.82. The molecule has 0 radical (unpaired) electrons. The molecule has 0 spiro atoms. The van der Waals surface area contributed by atoms with Crippen molar-refractivity contribution in [1.82, 2.24) is 10.0 Å². The number of hydrogen-bond donors (Lipinski definition) is 1. The van der Waals surface area contributed by atoms with Gasteiger partial charge in [0.25, 0.3) is 0 Å². The van der Waals surface area contributed by atoms with Gasteiger partial charge in [-0.15, -0.1) is 0 Å². The summed E-state index contributed by atoms with van der Waals surface area (Å²) in [6.45, 7) is 1.83. The summed E-state index contributed by atoms with van der Waals surface area (Å²) in [4.78, 5) is 0. The molecule has 1 aromatic rings. The predicted molar refractivity (Wildman–Crippen MR) is 64.8 cm³/mol. The molecule has 16 heavy (non-hydrogen) atoms. The minimum Gasteiger partial charge on any atom is -0.385 e. The van der Waals surface area contributed by atoms with Crippen LogP contribution in [0.1, 0.15) is 18.4 Å². The van der Waals surface area contributed by atoms with E-state index >= 15 is 0 Å². The Morgan fingerprint density at radius 2 is 1.69 bits per heavy atom. The van der Waals surface area contributed by atoms with Gasteiger partial charge >= 0.3 is 0 Å². The number of piperidine rings is 1. The molecule has 0 amide bonds. The van der Waals surface area contributed by atoms with Crippen LogP contribution in [-0.4, -0.2) is 42.3 Å². The zero-order valence-corrected chi connectivity index (χ0v) is 10.1. The Morgan fingerprint density at radius 1 is 1.12 bits per heavy atom. The highest BCUT2D eigenvalue weighted by Gasteiger charge is 2.34. The van der Waals surface area contributed by atoms with E-state index in [0.29, 0.717) is 0 Å². The average molecular weight is 220 g/mol. The average Bonchev–Trinajstić information content (AvgIpc) is 2.31. The van der Waals surface area contributed by atoms with Crippen molar-refractivity contribution in [3.63, 3.8) is 0 Å². The lowest BCUT2D eigenvalue weighted by atomic mass is 9.85. The van der Waals surface area contributed by atoms with E-state index in [-0.39, 0.29) is 0 Å². The molecule has 1 aromatic carbocycles. The molecule has 3 heteroatoms. The van der Waals surface area contributed by atoms with Crippen LogP contribution in [-0.2, 0) is 5.60 Å². The van der Waals surface area contributed by atoms with Gasteiger partial charge in [0.1, 0.15) is 0 Å². The Bertz CT molecular complexity index is 329. The van der Waals surface area contributed by atoms with Crippen LogP contribution in [0.25, 0.3) is 0 Å². The number of hydrogen-bond acceptors (Lipinski definition) is 3. The molecular weight excluding hydrogens is 200 g/mol. The zero-order chi connectivity index (χ0) is 11.6. The largest absolute Gasteiger partial charge is 0.385 e. The van der Waals surface area contributed by atoms with Crippen molar-refractivity contribution in [2.45, 2.75) is 18.4 Å². The second-order valence-electron chi connectivity index (χ2n) is 4.70. The number of hydrazine groups is 1. The fourth-order valence-corrected chi connectivity index (χ4v) is 2.30. The molecule has 1 saturated heterocycles. The molecule has 1 N–H and O–H groups in total. The summed E-state index contributed by atoms with van der Waals surface area (Å²) in [7, 11) is 4.10. The molecule has 0 aromatic heterocycles. The number of aliphatic hydroxyl groups is 1. The smallest absolute Gasteiger partial charge is 0.0922 e. The van der Waals surface area contributed by atoms with E-state index in [0.717, 1.165) is 31.5 Å². The van der Waals surface area contributed by atoms with Crippen molar-refractivity contribution < 1.29 is 5.11 Å². The van der Waals surface area contributed by atoms with Gasteiger partial charge in [-0.2, -0.15) is 0 Å². The standard InChI is InChI=1S/C13H20N2O/c1-14(2)15-10-8-13(16,9-11-15)12-6-4-3-5-7-12/h3-7,16H,8-11H2,1-2H3. The Labute approximate surface area is 97.3 Å². The number of benzene rings is 1.